The molecule has 0 aromatic heterocycles. The lowest BCUT2D eigenvalue weighted by atomic mass is 9.76. The molecule has 0 bridgehead atoms. The summed E-state index contributed by atoms with van der Waals surface area (Å²) in [6, 6.07) is 0. The predicted molar refractivity (Wildman–Crippen MR) is 81.5 cm³/mol. The van der Waals surface area contributed by atoms with E-state index in [2.05, 4.69) is 26.1 Å². The van der Waals surface area contributed by atoms with Crippen molar-refractivity contribution in [2.75, 3.05) is 13.7 Å². The molecular formula is C17H31NO2. The smallest absolute Gasteiger partial charge is 0.326 e. The first-order chi connectivity index (χ1) is 9.37. The maximum absolute atomic E-state index is 12.3. The Morgan fingerprint density at radius 1 is 1.20 bits per heavy atom. The second kappa shape index (κ2) is 6.05. The molecule has 0 heterocycles. The van der Waals surface area contributed by atoms with Crippen LogP contribution < -0.4 is 5.32 Å². The van der Waals surface area contributed by atoms with Gasteiger partial charge in [0.1, 0.15) is 5.54 Å². The minimum absolute atomic E-state index is 0.0484. The van der Waals surface area contributed by atoms with Crippen LogP contribution in [0.4, 0.5) is 0 Å². The lowest BCUT2D eigenvalue weighted by Crippen LogP contribution is -2.53. The number of esters is 1. The van der Waals surface area contributed by atoms with Gasteiger partial charge < -0.3 is 10.1 Å². The maximum Gasteiger partial charge on any atom is 0.326 e. The van der Waals surface area contributed by atoms with Crippen LogP contribution in [-0.4, -0.2) is 25.2 Å². The van der Waals surface area contributed by atoms with E-state index >= 15 is 0 Å². The monoisotopic (exact) mass is 281 g/mol. The summed E-state index contributed by atoms with van der Waals surface area (Å²) < 4.78 is 5.12. The van der Waals surface area contributed by atoms with Crippen molar-refractivity contribution in [3.8, 4) is 0 Å². The normalized spacial score (nSPS) is 31.7. The first-order valence-electron chi connectivity index (χ1n) is 8.21. The van der Waals surface area contributed by atoms with E-state index in [1.165, 1.54) is 26.4 Å². The molecular weight excluding hydrogens is 250 g/mol. The summed E-state index contributed by atoms with van der Waals surface area (Å²) in [6.07, 6.45) is 7.95. The lowest BCUT2D eigenvalue weighted by molar-refractivity contribution is -0.149. The number of carbonyl (C=O) groups excluding carboxylic acids is 1. The van der Waals surface area contributed by atoms with Gasteiger partial charge in [-0.15, -0.1) is 0 Å². The van der Waals surface area contributed by atoms with Gasteiger partial charge in [0, 0.05) is 0 Å². The Labute approximate surface area is 123 Å². The van der Waals surface area contributed by atoms with Gasteiger partial charge in [0.15, 0.2) is 0 Å². The Morgan fingerprint density at radius 2 is 1.90 bits per heavy atom. The van der Waals surface area contributed by atoms with Crippen molar-refractivity contribution in [1.82, 2.24) is 5.32 Å². The molecule has 2 rings (SSSR count). The molecule has 3 heteroatoms. The fourth-order valence-electron chi connectivity index (χ4n) is 3.52. The predicted octanol–water partition coefficient (Wildman–Crippen LogP) is 3.52. The van der Waals surface area contributed by atoms with Crippen molar-refractivity contribution in [3.63, 3.8) is 0 Å². The first-order valence-corrected chi connectivity index (χ1v) is 8.21. The molecule has 116 valence electrons. The zero-order chi connectivity index (χ0) is 14.8. The summed E-state index contributed by atoms with van der Waals surface area (Å²) >= 11 is 0. The van der Waals surface area contributed by atoms with E-state index in [0.717, 1.165) is 38.1 Å². The van der Waals surface area contributed by atoms with Gasteiger partial charge in [0.05, 0.1) is 7.11 Å². The molecule has 0 radical (unpaired) electrons. The van der Waals surface area contributed by atoms with E-state index in [1.54, 1.807) is 0 Å². The van der Waals surface area contributed by atoms with Crippen LogP contribution in [0.2, 0.25) is 0 Å². The molecule has 2 saturated carbocycles. The van der Waals surface area contributed by atoms with Gasteiger partial charge in [-0.2, -0.15) is 0 Å². The Bertz CT molecular complexity index is 343. The van der Waals surface area contributed by atoms with Crippen LogP contribution in [0.15, 0.2) is 0 Å². The van der Waals surface area contributed by atoms with Crippen molar-refractivity contribution in [2.24, 2.45) is 17.3 Å². The van der Waals surface area contributed by atoms with Crippen molar-refractivity contribution in [1.29, 1.82) is 0 Å². The van der Waals surface area contributed by atoms with Crippen molar-refractivity contribution in [3.05, 3.63) is 0 Å². The summed E-state index contributed by atoms with van der Waals surface area (Å²) in [4.78, 5) is 12.3. The summed E-state index contributed by atoms with van der Waals surface area (Å²) in [6.45, 7) is 7.94. The molecule has 1 N–H and O–H groups in total. The highest BCUT2D eigenvalue weighted by Crippen LogP contribution is 2.40. The molecule has 2 unspecified atom stereocenters. The minimum Gasteiger partial charge on any atom is -0.468 e. The Balaban J connectivity index is 2.04. The van der Waals surface area contributed by atoms with E-state index in [1.807, 2.05) is 0 Å². The van der Waals surface area contributed by atoms with Crippen LogP contribution in [0.1, 0.15) is 65.7 Å². The van der Waals surface area contributed by atoms with Crippen LogP contribution in [0.5, 0.6) is 0 Å². The molecule has 2 atom stereocenters. The lowest BCUT2D eigenvalue weighted by Gasteiger charge is -2.33. The van der Waals surface area contributed by atoms with Gasteiger partial charge in [-0.3, -0.25) is 4.79 Å². The van der Waals surface area contributed by atoms with E-state index in [-0.39, 0.29) is 5.97 Å². The fraction of sp³-hybridized carbons (Fsp3) is 0.941. The van der Waals surface area contributed by atoms with Crippen LogP contribution in [-0.2, 0) is 9.53 Å². The zero-order valence-electron chi connectivity index (χ0n) is 13.6. The molecule has 3 nitrogen and oxygen atoms in total. The number of hydrogen-bond acceptors (Lipinski definition) is 3. The number of hydrogen-bond donors (Lipinski definition) is 1. The van der Waals surface area contributed by atoms with Crippen molar-refractivity contribution in [2.45, 2.75) is 71.3 Å². The highest BCUT2D eigenvalue weighted by atomic mass is 16.5. The van der Waals surface area contributed by atoms with E-state index in [9.17, 15) is 4.79 Å². The van der Waals surface area contributed by atoms with Gasteiger partial charge in [-0.05, 0) is 62.3 Å². The maximum atomic E-state index is 12.3. The zero-order valence-corrected chi connectivity index (χ0v) is 13.6. The topological polar surface area (TPSA) is 38.3 Å². The summed E-state index contributed by atoms with van der Waals surface area (Å²) in [7, 11) is 1.52. The molecule has 0 aromatic rings. The third-order valence-electron chi connectivity index (χ3n) is 5.30. The second-order valence-corrected chi connectivity index (χ2v) is 7.89. The Kier molecular flexibility index (Phi) is 4.78. The highest BCUT2D eigenvalue weighted by molar-refractivity contribution is 5.80. The molecule has 2 aliphatic carbocycles. The number of rotatable bonds is 4. The molecule has 0 amide bonds. The quantitative estimate of drug-likeness (QED) is 0.633. The standard InChI is InChI=1S/C17H31NO2/c1-16(2,3)14-6-5-10-17(11-9-14,15(19)20-4)18-12-13-7-8-13/h13-14,18H,5-12H2,1-4H3. The third-order valence-corrected chi connectivity index (χ3v) is 5.30. The molecule has 2 fully saturated rings. The second-order valence-electron chi connectivity index (χ2n) is 7.89. The van der Waals surface area contributed by atoms with E-state index < -0.39 is 5.54 Å². The van der Waals surface area contributed by atoms with Gasteiger partial charge in [-0.1, -0.05) is 27.2 Å². The van der Waals surface area contributed by atoms with Crippen LogP contribution in [0, 0.1) is 17.3 Å². The Morgan fingerprint density at radius 3 is 2.45 bits per heavy atom. The van der Waals surface area contributed by atoms with Crippen LogP contribution in [0.3, 0.4) is 0 Å². The largest absolute Gasteiger partial charge is 0.468 e. The molecule has 0 aliphatic heterocycles. The highest BCUT2D eigenvalue weighted by Gasteiger charge is 2.43. The summed E-state index contributed by atoms with van der Waals surface area (Å²) in [5.74, 6) is 1.45. The number of nitrogens with one attached hydrogen (secondary N) is 1. The van der Waals surface area contributed by atoms with Crippen LogP contribution >= 0.6 is 0 Å². The average Bonchev–Trinajstić information content (AvgIpc) is 3.21. The molecule has 0 spiro atoms. The number of ether oxygens (including phenoxy) is 1. The molecule has 0 saturated heterocycles. The van der Waals surface area contributed by atoms with E-state index in [0.29, 0.717) is 11.3 Å². The van der Waals surface area contributed by atoms with Crippen molar-refractivity contribution >= 4 is 5.97 Å². The van der Waals surface area contributed by atoms with Gasteiger partial charge in [0.2, 0.25) is 0 Å². The fourth-order valence-corrected chi connectivity index (χ4v) is 3.52. The number of carbonyl (C=O) groups is 1. The van der Waals surface area contributed by atoms with Gasteiger partial charge in [-0.25, -0.2) is 0 Å². The Hall–Kier alpha value is -0.570. The van der Waals surface area contributed by atoms with Crippen LogP contribution in [0.25, 0.3) is 0 Å². The molecule has 2 aliphatic rings. The van der Waals surface area contributed by atoms with Gasteiger partial charge in [0.25, 0.3) is 0 Å². The average molecular weight is 281 g/mol. The summed E-state index contributed by atoms with van der Waals surface area (Å²) in [5.41, 5.74) is -0.0833. The number of methoxy groups -OCH3 is 1. The summed E-state index contributed by atoms with van der Waals surface area (Å²) in [5, 5.41) is 3.59. The SMILES string of the molecule is COC(=O)C1(NCC2CC2)CCCC(C(C)(C)C)CC1. The van der Waals surface area contributed by atoms with Crippen molar-refractivity contribution < 1.29 is 9.53 Å². The molecule has 0 aromatic carbocycles. The third kappa shape index (κ3) is 3.75. The first kappa shape index (κ1) is 15.8. The minimum atomic E-state index is -0.419. The van der Waals surface area contributed by atoms with E-state index in [4.69, 9.17) is 4.74 Å². The molecule has 20 heavy (non-hydrogen) atoms. The van der Waals surface area contributed by atoms with Gasteiger partial charge >= 0.3 is 5.97 Å².